The van der Waals surface area contributed by atoms with Gasteiger partial charge >= 0.3 is 0 Å². The molecule has 2 aliphatic heterocycles. The second kappa shape index (κ2) is 8.71. The van der Waals surface area contributed by atoms with Crippen LogP contribution in [0.5, 0.6) is 5.88 Å². The van der Waals surface area contributed by atoms with E-state index in [0.717, 1.165) is 56.6 Å². The van der Waals surface area contributed by atoms with Crippen LogP contribution >= 0.6 is 0 Å². The fourth-order valence-electron chi connectivity index (χ4n) is 4.68. The molecule has 30 heavy (non-hydrogen) atoms. The van der Waals surface area contributed by atoms with Gasteiger partial charge in [0, 0.05) is 57.5 Å². The van der Waals surface area contributed by atoms with Gasteiger partial charge in [0.2, 0.25) is 11.8 Å². The predicted molar refractivity (Wildman–Crippen MR) is 111 cm³/mol. The Hall–Kier alpha value is -2.48. The molecule has 4 rings (SSSR count). The van der Waals surface area contributed by atoms with E-state index in [-0.39, 0.29) is 17.6 Å². The Morgan fingerprint density at radius 2 is 2.10 bits per heavy atom. The summed E-state index contributed by atoms with van der Waals surface area (Å²) < 4.78 is 14.1. The molecule has 8 nitrogen and oxygen atoms in total. The lowest BCUT2D eigenvalue weighted by Gasteiger charge is -2.45. The van der Waals surface area contributed by atoms with Crippen molar-refractivity contribution >= 4 is 5.91 Å². The molecule has 0 saturated carbocycles. The number of carbonyl (C=O) groups excluding carboxylic acids is 1. The van der Waals surface area contributed by atoms with Crippen LogP contribution in [0.4, 0.5) is 0 Å². The Labute approximate surface area is 177 Å². The molecule has 1 spiro atoms. The maximum Gasteiger partial charge on any atom is 0.232 e. The quantitative estimate of drug-likeness (QED) is 0.749. The Bertz CT molecular complexity index is 874. The van der Waals surface area contributed by atoms with E-state index in [1.165, 1.54) is 5.56 Å². The number of rotatable bonds is 5. The van der Waals surface area contributed by atoms with Crippen molar-refractivity contribution in [2.75, 3.05) is 19.7 Å². The zero-order valence-electron chi connectivity index (χ0n) is 18.1. The van der Waals surface area contributed by atoms with Crippen LogP contribution in [-0.4, -0.2) is 62.0 Å². The lowest BCUT2D eigenvalue weighted by molar-refractivity contribution is -0.151. The highest BCUT2D eigenvalue weighted by Crippen LogP contribution is 2.36. The molecule has 1 amide bonds. The van der Waals surface area contributed by atoms with Gasteiger partial charge in [-0.05, 0) is 38.7 Å². The summed E-state index contributed by atoms with van der Waals surface area (Å²) in [5.41, 5.74) is 3.16. The van der Waals surface area contributed by atoms with Gasteiger partial charge in [-0.2, -0.15) is 5.10 Å². The van der Waals surface area contributed by atoms with Gasteiger partial charge in [-0.3, -0.25) is 14.5 Å². The number of amides is 1. The van der Waals surface area contributed by atoms with Crippen molar-refractivity contribution in [2.45, 2.75) is 64.1 Å². The van der Waals surface area contributed by atoms with Crippen molar-refractivity contribution in [3.8, 4) is 5.88 Å². The number of hydrogen-bond acceptors (Lipinski definition) is 6. The maximum atomic E-state index is 12.8. The fraction of sp³-hybridized carbons (Fsp3) is 0.636. The molecule has 0 N–H and O–H groups in total. The van der Waals surface area contributed by atoms with Crippen molar-refractivity contribution in [2.24, 2.45) is 7.05 Å². The summed E-state index contributed by atoms with van der Waals surface area (Å²) in [4.78, 5) is 23.1. The van der Waals surface area contributed by atoms with Crippen LogP contribution in [-0.2, 0) is 23.0 Å². The highest BCUT2D eigenvalue weighted by molar-refractivity contribution is 5.76. The highest BCUT2D eigenvalue weighted by atomic mass is 16.5. The molecule has 0 radical (unpaired) electrons. The normalized spacial score (nSPS) is 21.0. The first-order valence-corrected chi connectivity index (χ1v) is 10.8. The van der Waals surface area contributed by atoms with E-state index in [2.05, 4.69) is 22.0 Å². The maximum absolute atomic E-state index is 12.8. The van der Waals surface area contributed by atoms with Crippen LogP contribution in [0.3, 0.4) is 0 Å². The van der Waals surface area contributed by atoms with E-state index in [1.54, 1.807) is 18.6 Å². The smallest absolute Gasteiger partial charge is 0.232 e. The van der Waals surface area contributed by atoms with Crippen molar-refractivity contribution in [3.05, 3.63) is 35.5 Å². The number of hydrogen-bond donors (Lipinski definition) is 0. The molecule has 8 heteroatoms. The lowest BCUT2D eigenvalue weighted by Crippen LogP contribution is -2.52. The molecule has 1 atom stereocenters. The molecule has 0 aromatic carbocycles. The van der Waals surface area contributed by atoms with Gasteiger partial charge in [-0.15, -0.1) is 0 Å². The summed E-state index contributed by atoms with van der Waals surface area (Å²) in [6.45, 7) is 6.23. The van der Waals surface area contributed by atoms with Crippen LogP contribution < -0.4 is 4.74 Å². The van der Waals surface area contributed by atoms with Crippen LogP contribution in [0.2, 0.25) is 0 Å². The van der Waals surface area contributed by atoms with Crippen LogP contribution in [0.25, 0.3) is 0 Å². The SMILES string of the molecule is Cc1nn(C)c(C)c1CCC(=O)N1CCC2(CC1)CC(Oc1cnccn1)CCO2. The monoisotopic (exact) mass is 413 g/mol. The summed E-state index contributed by atoms with van der Waals surface area (Å²) in [6, 6.07) is 0. The number of likely N-dealkylation sites (tertiary alicyclic amines) is 1. The van der Waals surface area contributed by atoms with E-state index in [4.69, 9.17) is 9.47 Å². The summed E-state index contributed by atoms with van der Waals surface area (Å²) in [6.07, 6.45) is 9.67. The van der Waals surface area contributed by atoms with Crippen LogP contribution in [0.1, 0.15) is 49.1 Å². The van der Waals surface area contributed by atoms with Crippen molar-refractivity contribution in [1.82, 2.24) is 24.6 Å². The van der Waals surface area contributed by atoms with Gasteiger partial charge in [0.25, 0.3) is 0 Å². The standard InChI is InChI=1S/C22H31N5O3/c1-16-19(17(2)26(3)25-16)4-5-21(28)27-11-7-22(8-12-27)14-18(6-13-29-22)30-20-15-23-9-10-24-20/h9-10,15,18H,4-8,11-14H2,1-3H3. The molecule has 4 heterocycles. The molecular formula is C22H31N5O3. The number of ether oxygens (including phenoxy) is 2. The zero-order valence-corrected chi connectivity index (χ0v) is 18.1. The Morgan fingerprint density at radius 3 is 2.77 bits per heavy atom. The van der Waals surface area contributed by atoms with Crippen molar-refractivity contribution in [3.63, 3.8) is 0 Å². The van der Waals surface area contributed by atoms with Gasteiger partial charge in [0.05, 0.1) is 24.1 Å². The first-order chi connectivity index (χ1) is 14.5. The molecular weight excluding hydrogens is 382 g/mol. The Kier molecular flexibility index (Phi) is 6.04. The minimum Gasteiger partial charge on any atom is -0.473 e. The third-order valence-electron chi connectivity index (χ3n) is 6.55. The average molecular weight is 414 g/mol. The summed E-state index contributed by atoms with van der Waals surface area (Å²) in [5, 5.41) is 4.45. The number of carbonyl (C=O) groups is 1. The summed E-state index contributed by atoms with van der Waals surface area (Å²) >= 11 is 0. The second-order valence-corrected chi connectivity index (χ2v) is 8.46. The van der Waals surface area contributed by atoms with Gasteiger partial charge < -0.3 is 14.4 Å². The highest BCUT2D eigenvalue weighted by Gasteiger charge is 2.42. The largest absolute Gasteiger partial charge is 0.473 e. The fourth-order valence-corrected chi connectivity index (χ4v) is 4.68. The molecule has 2 saturated heterocycles. The number of nitrogens with zero attached hydrogens (tertiary/aromatic N) is 5. The number of aromatic nitrogens is 4. The predicted octanol–water partition coefficient (Wildman–Crippen LogP) is 2.38. The summed E-state index contributed by atoms with van der Waals surface area (Å²) in [5.74, 6) is 0.781. The number of piperidine rings is 1. The molecule has 2 fully saturated rings. The van der Waals surface area contributed by atoms with Crippen molar-refractivity contribution in [1.29, 1.82) is 0 Å². The minimum absolute atomic E-state index is 0.0780. The van der Waals surface area contributed by atoms with Gasteiger partial charge in [0.1, 0.15) is 6.10 Å². The van der Waals surface area contributed by atoms with E-state index in [0.29, 0.717) is 18.9 Å². The molecule has 1 unspecified atom stereocenters. The van der Waals surface area contributed by atoms with Gasteiger partial charge in [0.15, 0.2) is 0 Å². The Balaban J connectivity index is 1.29. The van der Waals surface area contributed by atoms with Crippen LogP contribution in [0.15, 0.2) is 18.6 Å². The average Bonchev–Trinajstić information content (AvgIpc) is 2.99. The second-order valence-electron chi connectivity index (χ2n) is 8.46. The third-order valence-corrected chi connectivity index (χ3v) is 6.55. The van der Waals surface area contributed by atoms with Crippen molar-refractivity contribution < 1.29 is 14.3 Å². The molecule has 0 aliphatic carbocycles. The topological polar surface area (TPSA) is 82.4 Å². The lowest BCUT2D eigenvalue weighted by atomic mass is 9.83. The van der Waals surface area contributed by atoms with E-state index >= 15 is 0 Å². The minimum atomic E-state index is -0.196. The zero-order chi connectivity index (χ0) is 21.1. The first-order valence-electron chi connectivity index (χ1n) is 10.8. The Morgan fingerprint density at radius 1 is 1.30 bits per heavy atom. The molecule has 162 valence electrons. The van der Waals surface area contributed by atoms with Gasteiger partial charge in [-0.1, -0.05) is 0 Å². The number of aryl methyl sites for hydroxylation is 2. The molecule has 2 aliphatic rings. The summed E-state index contributed by atoms with van der Waals surface area (Å²) in [7, 11) is 1.95. The third kappa shape index (κ3) is 4.48. The van der Waals surface area contributed by atoms with E-state index in [1.807, 2.05) is 23.6 Å². The molecule has 0 bridgehead atoms. The molecule has 2 aromatic rings. The van der Waals surface area contributed by atoms with E-state index in [9.17, 15) is 4.79 Å². The molecule has 2 aromatic heterocycles. The van der Waals surface area contributed by atoms with Gasteiger partial charge in [-0.25, -0.2) is 4.98 Å². The first kappa shape index (κ1) is 20.8. The van der Waals surface area contributed by atoms with Crippen LogP contribution in [0, 0.1) is 13.8 Å². The van der Waals surface area contributed by atoms with E-state index < -0.39 is 0 Å².